The van der Waals surface area contributed by atoms with Crippen LogP contribution in [0.15, 0.2) is 48.5 Å². The number of nitrogens with one attached hydrogen (secondary N) is 1. The minimum atomic E-state index is -1.02. The molecule has 0 heterocycles. The van der Waals surface area contributed by atoms with Gasteiger partial charge in [0.05, 0.1) is 0 Å². The average molecular weight is 401 g/mol. The highest BCUT2D eigenvalue weighted by Crippen LogP contribution is 2.16. The van der Waals surface area contributed by atoms with Crippen molar-refractivity contribution in [1.82, 2.24) is 0 Å². The number of carbonyl (C=O) groups is 3. The van der Waals surface area contributed by atoms with Gasteiger partial charge in [0.25, 0.3) is 0 Å². The summed E-state index contributed by atoms with van der Waals surface area (Å²) in [6, 6.07) is 11.6. The monoisotopic (exact) mass is 401 g/mol. The molecule has 0 spiro atoms. The Labute approximate surface area is 169 Å². The van der Waals surface area contributed by atoms with E-state index in [0.717, 1.165) is 0 Å². The van der Waals surface area contributed by atoms with Crippen LogP contribution in [0.3, 0.4) is 0 Å². The van der Waals surface area contributed by atoms with Gasteiger partial charge in [-0.1, -0.05) is 13.8 Å². The quantitative estimate of drug-likeness (QED) is 0.534. The van der Waals surface area contributed by atoms with Crippen molar-refractivity contribution in [3.8, 4) is 5.75 Å². The van der Waals surface area contributed by atoms with Crippen LogP contribution >= 0.6 is 0 Å². The van der Waals surface area contributed by atoms with E-state index in [0.29, 0.717) is 17.0 Å². The summed E-state index contributed by atoms with van der Waals surface area (Å²) < 4.78 is 23.5. The van der Waals surface area contributed by atoms with Gasteiger partial charge in [-0.25, -0.2) is 9.18 Å². The number of carbonyl (C=O) groups excluding carboxylic acids is 3. The van der Waals surface area contributed by atoms with Gasteiger partial charge in [-0.2, -0.15) is 0 Å². The van der Waals surface area contributed by atoms with Crippen LogP contribution in [-0.4, -0.2) is 29.9 Å². The summed E-state index contributed by atoms with van der Waals surface area (Å²) in [5.74, 6) is -1.48. The summed E-state index contributed by atoms with van der Waals surface area (Å²) in [6.07, 6.45) is -1.98. The smallest absolute Gasteiger partial charge is 0.347 e. The first-order valence-corrected chi connectivity index (χ1v) is 9.25. The van der Waals surface area contributed by atoms with Crippen LogP contribution < -0.4 is 10.1 Å². The lowest BCUT2D eigenvalue weighted by molar-refractivity contribution is -0.153. The van der Waals surface area contributed by atoms with Crippen LogP contribution in [0.25, 0.3) is 0 Å². The molecule has 2 rings (SSSR count). The van der Waals surface area contributed by atoms with Crippen molar-refractivity contribution in [2.75, 3.05) is 5.32 Å². The molecule has 0 fully saturated rings. The van der Waals surface area contributed by atoms with Gasteiger partial charge in [0.1, 0.15) is 11.6 Å². The molecule has 2 atom stereocenters. The number of ketones is 1. The number of ether oxygens (including phenoxy) is 2. The highest BCUT2D eigenvalue weighted by Gasteiger charge is 2.24. The third kappa shape index (κ3) is 6.41. The second kappa shape index (κ2) is 9.82. The maximum absolute atomic E-state index is 12.9. The Morgan fingerprint density at radius 1 is 0.862 bits per heavy atom. The lowest BCUT2D eigenvalue weighted by Crippen LogP contribution is -2.32. The maximum atomic E-state index is 12.9. The molecule has 0 aromatic heterocycles. The zero-order valence-electron chi connectivity index (χ0n) is 16.8. The molecule has 0 unspecified atom stereocenters. The summed E-state index contributed by atoms with van der Waals surface area (Å²) in [5, 5.41) is 2.73. The Kier molecular flexibility index (Phi) is 7.47. The predicted octanol–water partition coefficient (Wildman–Crippen LogP) is 4.00. The van der Waals surface area contributed by atoms with Gasteiger partial charge in [-0.3, -0.25) is 9.59 Å². The van der Waals surface area contributed by atoms with E-state index in [1.54, 1.807) is 38.1 Å². The molecule has 29 heavy (non-hydrogen) atoms. The molecule has 0 aliphatic carbocycles. The summed E-state index contributed by atoms with van der Waals surface area (Å²) >= 11 is 0. The highest BCUT2D eigenvalue weighted by atomic mass is 19.1. The van der Waals surface area contributed by atoms with Crippen molar-refractivity contribution in [2.45, 2.75) is 39.9 Å². The van der Waals surface area contributed by atoms with Crippen molar-refractivity contribution < 1.29 is 28.2 Å². The van der Waals surface area contributed by atoms with Crippen molar-refractivity contribution in [1.29, 1.82) is 0 Å². The first kappa shape index (κ1) is 22.1. The molecule has 0 bridgehead atoms. The molecule has 0 saturated carbocycles. The largest absolute Gasteiger partial charge is 0.479 e. The molecule has 0 aliphatic rings. The Hall–Kier alpha value is -3.22. The maximum Gasteiger partial charge on any atom is 0.347 e. The van der Waals surface area contributed by atoms with Crippen molar-refractivity contribution in [2.24, 2.45) is 5.92 Å². The van der Waals surface area contributed by atoms with E-state index in [1.807, 2.05) is 0 Å². The first-order chi connectivity index (χ1) is 13.7. The van der Waals surface area contributed by atoms with Crippen molar-refractivity contribution >= 4 is 23.3 Å². The summed E-state index contributed by atoms with van der Waals surface area (Å²) in [4.78, 5) is 36.4. The lowest BCUT2D eigenvalue weighted by atomic mass is 10.1. The van der Waals surface area contributed by atoms with E-state index >= 15 is 0 Å². The average Bonchev–Trinajstić information content (AvgIpc) is 2.69. The van der Waals surface area contributed by atoms with E-state index in [4.69, 9.17) is 9.47 Å². The second-order valence-corrected chi connectivity index (χ2v) is 6.88. The normalized spacial score (nSPS) is 12.8. The second-order valence-electron chi connectivity index (χ2n) is 6.88. The highest BCUT2D eigenvalue weighted by molar-refractivity contribution is 6.01. The summed E-state index contributed by atoms with van der Waals surface area (Å²) in [7, 11) is 0. The van der Waals surface area contributed by atoms with E-state index in [9.17, 15) is 18.8 Å². The number of rotatable bonds is 8. The van der Waals surface area contributed by atoms with E-state index in [1.165, 1.54) is 38.1 Å². The number of hydrogen-bond acceptors (Lipinski definition) is 5. The Morgan fingerprint density at radius 2 is 1.45 bits per heavy atom. The van der Waals surface area contributed by atoms with Crippen LogP contribution in [0.2, 0.25) is 0 Å². The van der Waals surface area contributed by atoms with Gasteiger partial charge >= 0.3 is 5.97 Å². The van der Waals surface area contributed by atoms with Gasteiger partial charge in [0, 0.05) is 17.2 Å². The molecule has 7 heteroatoms. The van der Waals surface area contributed by atoms with E-state index < -0.39 is 24.0 Å². The van der Waals surface area contributed by atoms with Crippen LogP contribution in [0, 0.1) is 11.7 Å². The Balaban J connectivity index is 1.92. The van der Waals surface area contributed by atoms with Crippen LogP contribution in [-0.2, 0) is 14.3 Å². The molecular weight excluding hydrogens is 377 g/mol. The molecular formula is C22H24FNO5. The molecule has 0 aliphatic heterocycles. The van der Waals surface area contributed by atoms with Crippen LogP contribution in [0.4, 0.5) is 10.1 Å². The minimum Gasteiger partial charge on any atom is -0.479 e. The van der Waals surface area contributed by atoms with Gasteiger partial charge in [-0.05, 0) is 62.4 Å². The summed E-state index contributed by atoms with van der Waals surface area (Å²) in [6.45, 7) is 6.52. The number of benzene rings is 2. The van der Waals surface area contributed by atoms with E-state index in [2.05, 4.69) is 5.32 Å². The number of Topliss-reactive ketones (excluding diaryl/α,β-unsaturated/α-hetero) is 1. The SMILES string of the molecule is CC(C)C(=O)Nc1ccc(C(=O)[C@@H](C)OC(=O)[C@H](C)Oc2ccc(F)cc2)cc1. The van der Waals surface area contributed by atoms with Gasteiger partial charge in [0.2, 0.25) is 11.7 Å². The van der Waals surface area contributed by atoms with Crippen molar-refractivity contribution in [3.05, 3.63) is 59.9 Å². The zero-order valence-corrected chi connectivity index (χ0v) is 16.8. The molecule has 154 valence electrons. The van der Waals surface area contributed by atoms with Gasteiger partial charge in [-0.15, -0.1) is 0 Å². The molecule has 1 amide bonds. The fourth-order valence-corrected chi connectivity index (χ4v) is 2.33. The predicted molar refractivity (Wildman–Crippen MR) is 106 cm³/mol. The first-order valence-electron chi connectivity index (χ1n) is 9.25. The van der Waals surface area contributed by atoms with Crippen molar-refractivity contribution in [3.63, 3.8) is 0 Å². The number of halogens is 1. The molecule has 0 saturated heterocycles. The number of esters is 1. The zero-order chi connectivity index (χ0) is 21.6. The van der Waals surface area contributed by atoms with E-state index in [-0.39, 0.29) is 17.6 Å². The van der Waals surface area contributed by atoms with Gasteiger partial charge < -0.3 is 14.8 Å². The Bertz CT molecular complexity index is 862. The number of hydrogen-bond donors (Lipinski definition) is 1. The third-order valence-corrected chi connectivity index (χ3v) is 4.08. The summed E-state index contributed by atoms with van der Waals surface area (Å²) in [5.41, 5.74) is 0.922. The number of anilines is 1. The third-order valence-electron chi connectivity index (χ3n) is 4.08. The fourth-order valence-electron chi connectivity index (χ4n) is 2.33. The standard InChI is InChI=1S/C22H24FNO5/c1-13(2)21(26)24-18-9-5-16(6-10-18)20(25)14(3)29-22(27)15(4)28-19-11-7-17(23)8-12-19/h5-15H,1-4H3,(H,24,26)/t14-,15+/m1/s1. The fraction of sp³-hybridized carbons (Fsp3) is 0.318. The number of amides is 1. The van der Waals surface area contributed by atoms with Gasteiger partial charge in [0.15, 0.2) is 12.2 Å². The molecule has 1 N–H and O–H groups in total. The molecule has 0 radical (unpaired) electrons. The minimum absolute atomic E-state index is 0.124. The van der Waals surface area contributed by atoms with Crippen LogP contribution in [0.1, 0.15) is 38.1 Å². The Morgan fingerprint density at radius 3 is 2.00 bits per heavy atom. The molecule has 6 nitrogen and oxygen atoms in total. The topological polar surface area (TPSA) is 81.7 Å². The molecule has 2 aromatic carbocycles. The molecule has 2 aromatic rings. The van der Waals surface area contributed by atoms with Crippen LogP contribution in [0.5, 0.6) is 5.75 Å². The lowest BCUT2D eigenvalue weighted by Gasteiger charge is -2.17.